The highest BCUT2D eigenvalue weighted by atomic mass is 16.5. The molecule has 0 aliphatic rings. The Hall–Kier alpha value is -2.50. The number of hydrogen-bond acceptors (Lipinski definition) is 3. The van der Waals surface area contributed by atoms with E-state index in [-0.39, 0.29) is 0 Å². The Morgan fingerprint density at radius 1 is 1.33 bits per heavy atom. The van der Waals surface area contributed by atoms with Crippen LogP contribution >= 0.6 is 0 Å². The molecule has 0 bridgehead atoms. The Bertz CT molecular complexity index is 588. The Kier molecular flexibility index (Phi) is 5.20. The minimum Gasteiger partial charge on any atom is -0.497 e. The van der Waals surface area contributed by atoms with Gasteiger partial charge in [-0.25, -0.2) is 4.99 Å². The van der Waals surface area contributed by atoms with Gasteiger partial charge in [-0.3, -0.25) is 4.68 Å². The molecule has 2 rings (SSSR count). The first-order valence-electron chi connectivity index (χ1n) is 6.81. The van der Waals surface area contributed by atoms with E-state index in [1.807, 2.05) is 37.5 Å². The summed E-state index contributed by atoms with van der Waals surface area (Å²) < 4.78 is 6.87. The van der Waals surface area contributed by atoms with Gasteiger partial charge in [-0.15, -0.1) is 0 Å². The number of aliphatic imine (C=N–C) groups is 1. The molecule has 0 radical (unpaired) electrons. The fourth-order valence-corrected chi connectivity index (χ4v) is 1.91. The smallest absolute Gasteiger partial charge is 0.188 e. The van der Waals surface area contributed by atoms with E-state index in [1.165, 1.54) is 5.56 Å². The van der Waals surface area contributed by atoms with Gasteiger partial charge in [-0.2, -0.15) is 5.10 Å². The summed E-state index contributed by atoms with van der Waals surface area (Å²) in [5.74, 6) is 1.32. The number of guanidine groups is 1. The average molecular weight is 287 g/mol. The normalized spacial score (nSPS) is 11.4. The van der Waals surface area contributed by atoms with Crippen molar-refractivity contribution in [1.82, 2.24) is 15.1 Å². The van der Waals surface area contributed by atoms with E-state index in [4.69, 9.17) is 10.5 Å². The second kappa shape index (κ2) is 7.33. The highest BCUT2D eigenvalue weighted by Gasteiger charge is 1.97. The third-order valence-corrected chi connectivity index (χ3v) is 3.07. The van der Waals surface area contributed by atoms with Crippen molar-refractivity contribution in [3.63, 3.8) is 0 Å². The van der Waals surface area contributed by atoms with Gasteiger partial charge in [0.05, 0.1) is 19.9 Å². The lowest BCUT2D eigenvalue weighted by Gasteiger charge is -2.06. The molecule has 0 aliphatic heterocycles. The lowest BCUT2D eigenvalue weighted by molar-refractivity contribution is 0.414. The van der Waals surface area contributed by atoms with Crippen molar-refractivity contribution in [2.24, 2.45) is 17.8 Å². The first-order valence-corrected chi connectivity index (χ1v) is 6.81. The number of rotatable bonds is 6. The van der Waals surface area contributed by atoms with Crippen LogP contribution in [0.1, 0.15) is 11.1 Å². The van der Waals surface area contributed by atoms with Crippen LogP contribution in [-0.4, -0.2) is 29.4 Å². The van der Waals surface area contributed by atoms with Gasteiger partial charge in [0.2, 0.25) is 0 Å². The second-order valence-electron chi connectivity index (χ2n) is 4.75. The van der Waals surface area contributed by atoms with E-state index in [2.05, 4.69) is 15.4 Å². The highest BCUT2D eigenvalue weighted by molar-refractivity contribution is 5.77. The van der Waals surface area contributed by atoms with Gasteiger partial charge >= 0.3 is 0 Å². The quantitative estimate of drug-likeness (QED) is 0.615. The van der Waals surface area contributed by atoms with Gasteiger partial charge in [0, 0.05) is 25.4 Å². The summed E-state index contributed by atoms with van der Waals surface area (Å²) in [6, 6.07) is 8.00. The van der Waals surface area contributed by atoms with E-state index in [0.717, 1.165) is 24.3 Å². The van der Waals surface area contributed by atoms with Crippen LogP contribution in [0.4, 0.5) is 0 Å². The summed E-state index contributed by atoms with van der Waals surface area (Å²) in [5, 5.41) is 7.19. The number of nitrogens with one attached hydrogen (secondary N) is 1. The zero-order valence-corrected chi connectivity index (χ0v) is 12.4. The monoisotopic (exact) mass is 287 g/mol. The van der Waals surface area contributed by atoms with Crippen molar-refractivity contribution in [1.29, 1.82) is 0 Å². The predicted octanol–water partition coefficient (Wildman–Crippen LogP) is 1.08. The third kappa shape index (κ3) is 4.83. The van der Waals surface area contributed by atoms with Gasteiger partial charge in [0.15, 0.2) is 5.96 Å². The van der Waals surface area contributed by atoms with Crippen LogP contribution in [0.25, 0.3) is 0 Å². The van der Waals surface area contributed by atoms with Crippen LogP contribution in [0.15, 0.2) is 41.7 Å². The largest absolute Gasteiger partial charge is 0.497 e. The van der Waals surface area contributed by atoms with E-state index in [0.29, 0.717) is 12.5 Å². The van der Waals surface area contributed by atoms with E-state index in [1.54, 1.807) is 18.0 Å². The molecule has 0 saturated heterocycles. The molecule has 6 nitrogen and oxygen atoms in total. The van der Waals surface area contributed by atoms with Crippen LogP contribution in [0.3, 0.4) is 0 Å². The average Bonchev–Trinajstić information content (AvgIpc) is 2.91. The minimum atomic E-state index is 0.451. The predicted molar refractivity (Wildman–Crippen MR) is 83.2 cm³/mol. The topological polar surface area (TPSA) is 77.5 Å². The molecule has 0 saturated carbocycles. The van der Waals surface area contributed by atoms with Gasteiger partial charge in [0.25, 0.3) is 0 Å². The maximum atomic E-state index is 5.83. The molecule has 0 atom stereocenters. The molecule has 6 heteroatoms. The van der Waals surface area contributed by atoms with E-state index >= 15 is 0 Å². The minimum absolute atomic E-state index is 0.451. The molecule has 1 heterocycles. The molecule has 0 unspecified atom stereocenters. The third-order valence-electron chi connectivity index (χ3n) is 3.07. The molecule has 0 spiro atoms. The summed E-state index contributed by atoms with van der Waals surface area (Å²) in [6.45, 7) is 1.28. The maximum absolute atomic E-state index is 5.83. The van der Waals surface area contributed by atoms with Gasteiger partial charge < -0.3 is 15.8 Å². The summed E-state index contributed by atoms with van der Waals surface area (Å²) in [6.07, 6.45) is 4.59. The number of nitrogens with zero attached hydrogens (tertiary/aromatic N) is 3. The molecular weight excluding hydrogens is 266 g/mol. The van der Waals surface area contributed by atoms with Gasteiger partial charge in [0.1, 0.15) is 5.75 Å². The van der Waals surface area contributed by atoms with Crippen LogP contribution in [0, 0.1) is 0 Å². The fourth-order valence-electron chi connectivity index (χ4n) is 1.91. The molecule has 0 fully saturated rings. The summed E-state index contributed by atoms with van der Waals surface area (Å²) in [4.78, 5) is 4.28. The lowest BCUT2D eigenvalue weighted by atomic mass is 10.1. The SMILES string of the molecule is COc1ccc(CCNC(N)=NCc2cnn(C)c2)cc1. The Labute approximate surface area is 124 Å². The molecule has 21 heavy (non-hydrogen) atoms. The van der Waals surface area contributed by atoms with Gasteiger partial charge in [-0.1, -0.05) is 12.1 Å². The van der Waals surface area contributed by atoms with Crippen molar-refractivity contribution in [3.8, 4) is 5.75 Å². The first-order chi connectivity index (χ1) is 10.2. The number of aromatic nitrogens is 2. The summed E-state index contributed by atoms with van der Waals surface area (Å²) in [5.41, 5.74) is 8.09. The standard InChI is InChI=1S/C15H21N5O/c1-20-11-13(10-19-20)9-18-15(16)17-8-7-12-3-5-14(21-2)6-4-12/h3-6,10-11H,7-9H2,1-2H3,(H3,16,17,18). The van der Waals surface area contributed by atoms with Crippen molar-refractivity contribution in [2.75, 3.05) is 13.7 Å². The number of hydrogen-bond donors (Lipinski definition) is 2. The number of methoxy groups -OCH3 is 1. The molecular formula is C15H21N5O. The highest BCUT2D eigenvalue weighted by Crippen LogP contribution is 2.11. The van der Waals surface area contributed by atoms with E-state index in [9.17, 15) is 0 Å². The fraction of sp³-hybridized carbons (Fsp3) is 0.333. The van der Waals surface area contributed by atoms with Crippen molar-refractivity contribution in [3.05, 3.63) is 47.8 Å². The second-order valence-corrected chi connectivity index (χ2v) is 4.75. The van der Waals surface area contributed by atoms with Crippen LogP contribution in [0.5, 0.6) is 5.75 Å². The number of aryl methyl sites for hydroxylation is 1. The molecule has 1 aromatic heterocycles. The number of benzene rings is 1. The molecule has 3 N–H and O–H groups in total. The van der Waals surface area contributed by atoms with Crippen molar-refractivity contribution < 1.29 is 4.74 Å². The lowest BCUT2D eigenvalue weighted by Crippen LogP contribution is -2.33. The van der Waals surface area contributed by atoms with Crippen LogP contribution in [-0.2, 0) is 20.0 Å². The van der Waals surface area contributed by atoms with Crippen molar-refractivity contribution >= 4 is 5.96 Å². The van der Waals surface area contributed by atoms with Crippen molar-refractivity contribution in [2.45, 2.75) is 13.0 Å². The Morgan fingerprint density at radius 3 is 2.71 bits per heavy atom. The molecule has 2 aromatic rings. The maximum Gasteiger partial charge on any atom is 0.188 e. The molecule has 0 aliphatic carbocycles. The van der Waals surface area contributed by atoms with Crippen LogP contribution in [0.2, 0.25) is 0 Å². The first kappa shape index (κ1) is 14.9. The zero-order chi connectivity index (χ0) is 15.1. The summed E-state index contributed by atoms with van der Waals surface area (Å²) >= 11 is 0. The molecule has 1 aromatic carbocycles. The Morgan fingerprint density at radius 2 is 2.10 bits per heavy atom. The molecule has 0 amide bonds. The summed E-state index contributed by atoms with van der Waals surface area (Å²) in [7, 11) is 3.54. The zero-order valence-electron chi connectivity index (χ0n) is 12.4. The van der Waals surface area contributed by atoms with Gasteiger partial charge in [-0.05, 0) is 24.1 Å². The van der Waals surface area contributed by atoms with Crippen LogP contribution < -0.4 is 15.8 Å². The number of ether oxygens (including phenoxy) is 1. The van der Waals surface area contributed by atoms with E-state index < -0.39 is 0 Å². The number of nitrogens with two attached hydrogens (primary N) is 1. The Balaban J connectivity index is 1.74. The molecule has 112 valence electrons.